The fourth-order valence-electron chi connectivity index (χ4n) is 4.34. The average molecular weight is 476 g/mol. The van der Waals surface area contributed by atoms with Crippen LogP contribution in [0.5, 0.6) is 17.2 Å². The van der Waals surface area contributed by atoms with Crippen molar-refractivity contribution in [2.45, 2.75) is 12.8 Å². The summed E-state index contributed by atoms with van der Waals surface area (Å²) in [7, 11) is 0. The van der Waals surface area contributed by atoms with Gasteiger partial charge in [0.25, 0.3) is 0 Å². The van der Waals surface area contributed by atoms with Gasteiger partial charge in [0, 0.05) is 34.7 Å². The van der Waals surface area contributed by atoms with Crippen molar-refractivity contribution in [3.8, 4) is 17.2 Å². The zero-order valence-electron chi connectivity index (χ0n) is 18.7. The number of phenolic OH excluding ortho intramolecular Hbond substituents is 1. The molecule has 1 aliphatic heterocycles. The first kappa shape index (κ1) is 22.6. The molecule has 6 heteroatoms. The van der Waals surface area contributed by atoms with Crippen LogP contribution in [-0.2, 0) is 6.42 Å². The molecule has 4 aromatic rings. The highest BCUT2D eigenvalue weighted by atomic mass is 32.1. The lowest BCUT2D eigenvalue weighted by molar-refractivity contribution is 0.0801. The van der Waals surface area contributed by atoms with Crippen molar-refractivity contribution in [2.75, 3.05) is 26.3 Å². The molecule has 2 heterocycles. The Labute approximate surface area is 202 Å². The third kappa shape index (κ3) is 4.83. The first-order valence-electron chi connectivity index (χ1n) is 11.5. The predicted molar refractivity (Wildman–Crippen MR) is 134 cm³/mol. The van der Waals surface area contributed by atoms with Gasteiger partial charge in [-0.25, -0.2) is 0 Å². The molecule has 3 aromatic carbocycles. The fraction of sp³-hybridized carbons (Fsp3) is 0.250. The Hall–Kier alpha value is -3.22. The van der Waals surface area contributed by atoms with E-state index in [0.29, 0.717) is 21.9 Å². The van der Waals surface area contributed by atoms with Crippen molar-refractivity contribution in [2.24, 2.45) is 5.92 Å². The highest BCUT2D eigenvalue weighted by Crippen LogP contribution is 2.42. The predicted octanol–water partition coefficient (Wildman–Crippen LogP) is 6.46. The van der Waals surface area contributed by atoms with Crippen LogP contribution < -0.4 is 4.74 Å². The van der Waals surface area contributed by atoms with Crippen LogP contribution in [0.2, 0.25) is 0 Å². The van der Waals surface area contributed by atoms with Crippen molar-refractivity contribution >= 4 is 27.2 Å². The summed E-state index contributed by atoms with van der Waals surface area (Å²) in [4.78, 5) is 16.1. The maximum absolute atomic E-state index is 13.3. The van der Waals surface area contributed by atoms with Gasteiger partial charge < -0.3 is 14.7 Å². The number of likely N-dealkylation sites (tertiary alicyclic amines) is 1. The molecule has 1 aliphatic rings. The van der Waals surface area contributed by atoms with Crippen LogP contribution in [0.4, 0.5) is 4.39 Å². The molecule has 0 saturated carbocycles. The van der Waals surface area contributed by atoms with E-state index in [2.05, 4.69) is 17.0 Å². The number of rotatable bonds is 9. The number of thiophene rings is 1. The summed E-state index contributed by atoms with van der Waals surface area (Å²) in [6, 6.07) is 22.2. The lowest BCUT2D eigenvalue weighted by Crippen LogP contribution is -2.47. The van der Waals surface area contributed by atoms with Gasteiger partial charge in [0.15, 0.2) is 5.75 Å². The van der Waals surface area contributed by atoms with E-state index in [1.165, 1.54) is 16.9 Å². The molecule has 0 aliphatic carbocycles. The first-order chi connectivity index (χ1) is 16.6. The summed E-state index contributed by atoms with van der Waals surface area (Å²) in [6.45, 7) is 2.53. The summed E-state index contributed by atoms with van der Waals surface area (Å²) in [6.07, 6.45) is 1.99. The normalized spacial score (nSPS) is 14.3. The average Bonchev–Trinajstić information content (AvgIpc) is 3.18. The third-order valence-electron chi connectivity index (χ3n) is 6.20. The molecule has 0 atom stereocenters. The molecule has 0 radical (unpaired) electrons. The molecule has 1 saturated heterocycles. The summed E-state index contributed by atoms with van der Waals surface area (Å²) >= 11 is 1.32. The smallest absolute Gasteiger partial charge is 0.206 e. The quantitative estimate of drug-likeness (QED) is 0.282. The fourth-order valence-corrected chi connectivity index (χ4v) is 5.46. The van der Waals surface area contributed by atoms with Crippen LogP contribution in [0.15, 0.2) is 72.8 Å². The van der Waals surface area contributed by atoms with Gasteiger partial charge in [-0.2, -0.15) is 0 Å². The number of nitrogens with zero attached hydrogens (tertiary/aromatic N) is 1. The zero-order valence-corrected chi connectivity index (χ0v) is 19.6. The van der Waals surface area contributed by atoms with Crippen molar-refractivity contribution in [3.63, 3.8) is 0 Å². The van der Waals surface area contributed by atoms with E-state index in [1.54, 1.807) is 30.3 Å². The Kier molecular flexibility index (Phi) is 6.61. The number of hydrogen-bond acceptors (Lipinski definition) is 5. The standard InChI is InChI=1S/C28H26FNO3S/c29-16-20-17-30(18-20)14-4-5-19-8-11-23(12-9-19)33-27-24-13-10-22(31)15-25(24)34-28(27)26(32)21-6-2-1-3-7-21/h1-3,6-13,15,20,31H,4-5,14,16-18H2. The number of benzene rings is 3. The third-order valence-corrected chi connectivity index (χ3v) is 7.34. The highest BCUT2D eigenvalue weighted by Gasteiger charge is 2.25. The van der Waals surface area contributed by atoms with E-state index < -0.39 is 0 Å². The second-order valence-electron chi connectivity index (χ2n) is 8.77. The molecule has 5 rings (SSSR count). The monoisotopic (exact) mass is 475 g/mol. The van der Waals surface area contributed by atoms with Gasteiger partial charge in [-0.1, -0.05) is 42.5 Å². The van der Waals surface area contributed by atoms with Crippen LogP contribution >= 0.6 is 11.3 Å². The van der Waals surface area contributed by atoms with Gasteiger partial charge in [-0.3, -0.25) is 9.18 Å². The molecule has 34 heavy (non-hydrogen) atoms. The van der Waals surface area contributed by atoms with Crippen molar-refractivity contribution in [1.29, 1.82) is 0 Å². The van der Waals surface area contributed by atoms with E-state index in [1.807, 2.05) is 30.3 Å². The minimum Gasteiger partial charge on any atom is -0.508 e. The van der Waals surface area contributed by atoms with E-state index in [4.69, 9.17) is 4.74 Å². The molecule has 0 amide bonds. The molecule has 0 unspecified atom stereocenters. The van der Waals surface area contributed by atoms with Crippen LogP contribution in [0, 0.1) is 5.92 Å². The number of aromatic hydroxyl groups is 1. The number of hydrogen-bond donors (Lipinski definition) is 1. The largest absolute Gasteiger partial charge is 0.508 e. The summed E-state index contributed by atoms with van der Waals surface area (Å²) < 4.78 is 19.6. The Balaban J connectivity index is 1.32. The molecule has 1 N–H and O–H groups in total. The van der Waals surface area contributed by atoms with E-state index in [9.17, 15) is 14.3 Å². The molecule has 1 fully saturated rings. The molecular weight excluding hydrogens is 449 g/mol. The van der Waals surface area contributed by atoms with Gasteiger partial charge in [0.05, 0.1) is 6.67 Å². The summed E-state index contributed by atoms with van der Waals surface area (Å²) in [5, 5.41) is 10.7. The van der Waals surface area contributed by atoms with E-state index in [0.717, 1.165) is 42.6 Å². The Morgan fingerprint density at radius 1 is 1.06 bits per heavy atom. The number of carbonyl (C=O) groups excluding carboxylic acids is 1. The molecular formula is C28H26FNO3S. The minimum absolute atomic E-state index is 0.103. The van der Waals surface area contributed by atoms with Gasteiger partial charge in [-0.15, -0.1) is 11.3 Å². The Bertz CT molecular complexity index is 1280. The number of alkyl halides is 1. The maximum Gasteiger partial charge on any atom is 0.206 e. The Morgan fingerprint density at radius 2 is 1.82 bits per heavy atom. The Morgan fingerprint density at radius 3 is 2.56 bits per heavy atom. The number of ketones is 1. The molecule has 0 spiro atoms. The number of phenols is 1. The number of fused-ring (bicyclic) bond motifs is 1. The van der Waals surface area contributed by atoms with Crippen LogP contribution in [0.3, 0.4) is 0 Å². The summed E-state index contributed by atoms with van der Waals surface area (Å²) in [5.74, 6) is 1.46. The number of ether oxygens (including phenoxy) is 1. The molecule has 174 valence electrons. The van der Waals surface area contributed by atoms with E-state index in [-0.39, 0.29) is 24.1 Å². The van der Waals surface area contributed by atoms with Gasteiger partial charge >= 0.3 is 0 Å². The topological polar surface area (TPSA) is 49.8 Å². The highest BCUT2D eigenvalue weighted by molar-refractivity contribution is 7.21. The van der Waals surface area contributed by atoms with Crippen molar-refractivity contribution < 1.29 is 19.0 Å². The second kappa shape index (κ2) is 9.95. The number of aryl methyl sites for hydroxylation is 1. The second-order valence-corrected chi connectivity index (χ2v) is 9.82. The van der Waals surface area contributed by atoms with Crippen LogP contribution in [-0.4, -0.2) is 42.1 Å². The lowest BCUT2D eigenvalue weighted by atomic mass is 10.0. The van der Waals surface area contributed by atoms with Crippen LogP contribution in [0.1, 0.15) is 27.2 Å². The zero-order chi connectivity index (χ0) is 23.5. The van der Waals surface area contributed by atoms with Crippen molar-refractivity contribution in [1.82, 2.24) is 4.90 Å². The number of carbonyl (C=O) groups is 1. The van der Waals surface area contributed by atoms with Crippen molar-refractivity contribution in [3.05, 3.63) is 88.8 Å². The van der Waals surface area contributed by atoms with Gasteiger partial charge in [0.2, 0.25) is 5.78 Å². The maximum atomic E-state index is 13.3. The molecule has 0 bridgehead atoms. The molecule has 4 nitrogen and oxygen atoms in total. The number of halogens is 1. The lowest BCUT2D eigenvalue weighted by Gasteiger charge is -2.37. The van der Waals surface area contributed by atoms with Gasteiger partial charge in [-0.05, 0) is 55.3 Å². The van der Waals surface area contributed by atoms with Gasteiger partial charge in [0.1, 0.15) is 16.4 Å². The molecule has 1 aromatic heterocycles. The van der Waals surface area contributed by atoms with Crippen LogP contribution in [0.25, 0.3) is 10.1 Å². The van der Waals surface area contributed by atoms with E-state index >= 15 is 0 Å². The minimum atomic E-state index is -0.211. The SMILES string of the molecule is O=C(c1ccccc1)c1sc2cc(O)ccc2c1Oc1ccc(CCCN2CC(CF)C2)cc1. The first-order valence-corrected chi connectivity index (χ1v) is 12.3. The summed E-state index contributed by atoms with van der Waals surface area (Å²) in [5.41, 5.74) is 1.81.